The fourth-order valence-corrected chi connectivity index (χ4v) is 4.86. The highest BCUT2D eigenvalue weighted by Gasteiger charge is 2.27. The van der Waals surface area contributed by atoms with Crippen molar-refractivity contribution in [3.63, 3.8) is 0 Å². The van der Waals surface area contributed by atoms with Crippen molar-refractivity contribution in [2.24, 2.45) is 0 Å². The molecule has 0 aromatic heterocycles. The third-order valence-corrected chi connectivity index (χ3v) is 6.37. The largest absolute Gasteiger partial charge is 0.322 e. The van der Waals surface area contributed by atoms with Crippen LogP contribution in [-0.4, -0.2) is 26.6 Å². The number of carbonyl (C=O) groups is 1. The van der Waals surface area contributed by atoms with Gasteiger partial charge in [0.15, 0.2) is 0 Å². The molecule has 132 valence electrons. The van der Waals surface area contributed by atoms with E-state index in [2.05, 4.69) is 5.32 Å². The molecule has 0 atom stereocenters. The number of benzene rings is 2. The smallest absolute Gasteiger partial charge is 0.255 e. The van der Waals surface area contributed by atoms with Gasteiger partial charge in [0.05, 0.1) is 16.5 Å². The summed E-state index contributed by atoms with van der Waals surface area (Å²) in [5.74, 6) is -0.0951. The summed E-state index contributed by atoms with van der Waals surface area (Å²) in [6.07, 6.45) is 1.47. The summed E-state index contributed by atoms with van der Waals surface area (Å²) in [7, 11) is -3.32. The fourth-order valence-electron chi connectivity index (χ4n) is 2.87. The number of halogens is 1. The lowest BCUT2D eigenvalue weighted by atomic mass is 10.1. The minimum absolute atomic E-state index is 0.134. The third kappa shape index (κ3) is 3.80. The maximum atomic E-state index is 12.4. The Morgan fingerprint density at radius 3 is 2.60 bits per heavy atom. The van der Waals surface area contributed by atoms with Gasteiger partial charge >= 0.3 is 0 Å². The van der Waals surface area contributed by atoms with Crippen molar-refractivity contribution in [2.45, 2.75) is 19.8 Å². The van der Waals surface area contributed by atoms with E-state index < -0.39 is 10.0 Å². The van der Waals surface area contributed by atoms with E-state index in [9.17, 15) is 13.2 Å². The molecule has 0 saturated carbocycles. The number of hydrogen-bond acceptors (Lipinski definition) is 3. The number of sulfonamides is 1. The van der Waals surface area contributed by atoms with Crippen molar-refractivity contribution in [3.8, 4) is 0 Å². The fraction of sp³-hybridized carbons (Fsp3) is 0.278. The van der Waals surface area contributed by atoms with E-state index in [-0.39, 0.29) is 11.7 Å². The Kier molecular flexibility index (Phi) is 5.01. The molecule has 0 aliphatic carbocycles. The number of carbonyl (C=O) groups excluding carboxylic acids is 1. The highest BCUT2D eigenvalue weighted by Crippen LogP contribution is 2.33. The molecule has 7 heteroatoms. The second-order valence-electron chi connectivity index (χ2n) is 6.03. The first-order valence-electron chi connectivity index (χ1n) is 8.05. The Morgan fingerprint density at radius 1 is 1.16 bits per heavy atom. The number of aryl methyl sites for hydroxylation is 1. The van der Waals surface area contributed by atoms with Crippen molar-refractivity contribution in [1.82, 2.24) is 0 Å². The van der Waals surface area contributed by atoms with Crippen molar-refractivity contribution in [3.05, 3.63) is 58.6 Å². The van der Waals surface area contributed by atoms with Gasteiger partial charge in [-0.15, -0.1) is 0 Å². The summed E-state index contributed by atoms with van der Waals surface area (Å²) >= 11 is 6.29. The molecule has 2 aromatic rings. The molecular formula is C18H19ClN2O3S. The quantitative estimate of drug-likeness (QED) is 0.882. The molecule has 1 aliphatic rings. The lowest BCUT2D eigenvalue weighted by molar-refractivity contribution is 0.102. The predicted octanol–water partition coefficient (Wildman–Crippen LogP) is 3.83. The minimum atomic E-state index is -3.32. The first-order valence-corrected chi connectivity index (χ1v) is 10.0. The van der Waals surface area contributed by atoms with Crippen molar-refractivity contribution < 1.29 is 13.2 Å². The normalized spacial score (nSPS) is 16.5. The second kappa shape index (κ2) is 7.06. The molecule has 1 saturated heterocycles. The van der Waals surface area contributed by atoms with Crippen molar-refractivity contribution >= 4 is 38.9 Å². The lowest BCUT2D eigenvalue weighted by Crippen LogP contribution is -2.38. The molecule has 5 nitrogen and oxygen atoms in total. The molecule has 1 aliphatic heterocycles. The third-order valence-electron chi connectivity index (χ3n) is 4.21. The number of hydrogen-bond donors (Lipinski definition) is 1. The summed E-state index contributed by atoms with van der Waals surface area (Å²) < 4.78 is 25.8. The van der Waals surface area contributed by atoms with Crippen LogP contribution < -0.4 is 9.62 Å². The Morgan fingerprint density at radius 2 is 1.92 bits per heavy atom. The van der Waals surface area contributed by atoms with Gasteiger partial charge in [-0.3, -0.25) is 9.10 Å². The molecule has 1 heterocycles. The molecule has 0 unspecified atom stereocenters. The summed E-state index contributed by atoms with van der Waals surface area (Å²) in [6.45, 7) is 2.29. The second-order valence-corrected chi connectivity index (χ2v) is 8.45. The average Bonchev–Trinajstić information content (AvgIpc) is 2.56. The predicted molar refractivity (Wildman–Crippen MR) is 101 cm³/mol. The molecule has 1 fully saturated rings. The standard InChI is InChI=1S/C18H19ClN2O3S/c1-13-6-2-3-7-15(13)18(22)20-14-8-9-17(16(19)12-14)21-10-4-5-11-25(21,23)24/h2-3,6-9,12H,4-5,10-11H2,1H3,(H,20,22). The molecular weight excluding hydrogens is 360 g/mol. The Balaban J connectivity index is 1.83. The maximum absolute atomic E-state index is 12.4. The highest BCUT2D eigenvalue weighted by molar-refractivity contribution is 7.92. The number of rotatable bonds is 3. The van der Waals surface area contributed by atoms with E-state index in [1.165, 1.54) is 4.31 Å². The molecule has 0 radical (unpaired) electrons. The Bertz CT molecular complexity index is 912. The van der Waals surface area contributed by atoms with Gasteiger partial charge in [-0.2, -0.15) is 0 Å². The number of anilines is 2. The minimum Gasteiger partial charge on any atom is -0.322 e. The van der Waals surface area contributed by atoms with Gasteiger partial charge in [-0.1, -0.05) is 29.8 Å². The van der Waals surface area contributed by atoms with Crippen LogP contribution in [0.5, 0.6) is 0 Å². The molecule has 1 amide bonds. The van der Waals surface area contributed by atoms with Gasteiger partial charge in [0.2, 0.25) is 10.0 Å². The van der Waals surface area contributed by atoms with Crippen molar-refractivity contribution in [1.29, 1.82) is 0 Å². The summed E-state index contributed by atoms with van der Waals surface area (Å²) in [5.41, 5.74) is 2.44. The summed E-state index contributed by atoms with van der Waals surface area (Å²) in [5, 5.41) is 3.10. The van der Waals surface area contributed by atoms with Crippen LogP contribution in [0.15, 0.2) is 42.5 Å². The topological polar surface area (TPSA) is 66.5 Å². The lowest BCUT2D eigenvalue weighted by Gasteiger charge is -2.29. The number of nitrogens with one attached hydrogen (secondary N) is 1. The first kappa shape index (κ1) is 17.8. The van der Waals surface area contributed by atoms with Crippen LogP contribution >= 0.6 is 11.6 Å². The van der Waals surface area contributed by atoms with Gasteiger partial charge < -0.3 is 5.32 Å². The highest BCUT2D eigenvalue weighted by atomic mass is 35.5. The summed E-state index contributed by atoms with van der Waals surface area (Å²) in [6, 6.07) is 12.2. The molecule has 0 spiro atoms. The van der Waals surface area contributed by atoms with Gasteiger partial charge in [0.25, 0.3) is 5.91 Å². The van der Waals surface area contributed by atoms with Crippen LogP contribution in [0.4, 0.5) is 11.4 Å². The maximum Gasteiger partial charge on any atom is 0.255 e. The number of amides is 1. The molecule has 25 heavy (non-hydrogen) atoms. The molecule has 1 N–H and O–H groups in total. The van der Waals surface area contributed by atoms with Gasteiger partial charge in [0, 0.05) is 17.8 Å². The van der Waals surface area contributed by atoms with E-state index in [0.717, 1.165) is 12.0 Å². The SMILES string of the molecule is Cc1ccccc1C(=O)Nc1ccc(N2CCCCS2(=O)=O)c(Cl)c1. The molecule has 3 rings (SSSR count). The zero-order valence-corrected chi connectivity index (χ0v) is 15.4. The van der Waals surface area contributed by atoms with Crippen LogP contribution in [0, 0.1) is 6.92 Å². The monoisotopic (exact) mass is 378 g/mol. The van der Waals surface area contributed by atoms with E-state index in [4.69, 9.17) is 11.6 Å². The van der Waals surface area contributed by atoms with E-state index in [0.29, 0.717) is 34.9 Å². The van der Waals surface area contributed by atoms with Crippen LogP contribution in [0.3, 0.4) is 0 Å². The van der Waals surface area contributed by atoms with Crippen molar-refractivity contribution in [2.75, 3.05) is 21.9 Å². The Hall–Kier alpha value is -2.05. The zero-order chi connectivity index (χ0) is 18.0. The van der Waals surface area contributed by atoms with Gasteiger partial charge in [-0.05, 0) is 49.6 Å². The average molecular weight is 379 g/mol. The van der Waals surface area contributed by atoms with E-state index in [1.807, 2.05) is 19.1 Å². The summed E-state index contributed by atoms with van der Waals surface area (Å²) in [4.78, 5) is 12.4. The molecule has 2 aromatic carbocycles. The van der Waals surface area contributed by atoms with Crippen LogP contribution in [0.1, 0.15) is 28.8 Å². The zero-order valence-electron chi connectivity index (χ0n) is 13.8. The van der Waals surface area contributed by atoms with Crippen LogP contribution in [0.25, 0.3) is 0 Å². The number of nitrogens with zero attached hydrogens (tertiary/aromatic N) is 1. The molecule has 0 bridgehead atoms. The van der Waals surface area contributed by atoms with Gasteiger partial charge in [-0.25, -0.2) is 8.42 Å². The van der Waals surface area contributed by atoms with E-state index in [1.54, 1.807) is 30.3 Å². The van der Waals surface area contributed by atoms with Crippen LogP contribution in [0.2, 0.25) is 5.02 Å². The van der Waals surface area contributed by atoms with E-state index >= 15 is 0 Å². The first-order chi connectivity index (χ1) is 11.9. The van der Waals surface area contributed by atoms with Crippen LogP contribution in [-0.2, 0) is 10.0 Å². The van der Waals surface area contributed by atoms with Gasteiger partial charge in [0.1, 0.15) is 0 Å². The Labute approximate surface area is 152 Å².